The van der Waals surface area contributed by atoms with Gasteiger partial charge in [-0.15, -0.1) is 0 Å². The summed E-state index contributed by atoms with van der Waals surface area (Å²) in [6.45, 7) is 14.6. The maximum atomic E-state index is 12.4. The molecule has 0 amide bonds. The van der Waals surface area contributed by atoms with E-state index in [4.69, 9.17) is 19.6 Å². The van der Waals surface area contributed by atoms with Crippen molar-refractivity contribution in [2.75, 3.05) is 0 Å². The molecule has 0 aliphatic carbocycles. The molecule has 6 heteroatoms. The molecule has 0 spiro atoms. The zero-order valence-electron chi connectivity index (χ0n) is 16.4. The van der Waals surface area contributed by atoms with Crippen LogP contribution in [0, 0.1) is 11.8 Å². The second-order valence-electron chi connectivity index (χ2n) is 7.99. The van der Waals surface area contributed by atoms with Crippen LogP contribution in [0.2, 0.25) is 0 Å². The van der Waals surface area contributed by atoms with Gasteiger partial charge >= 0.3 is 11.9 Å². The predicted molar refractivity (Wildman–Crippen MR) is 90.7 cm³/mol. The molecular weight excluding hydrogens is 312 g/mol. The molecule has 0 aromatic rings. The lowest BCUT2D eigenvalue weighted by atomic mass is 9.85. The van der Waals surface area contributed by atoms with Crippen LogP contribution in [-0.2, 0) is 29.1 Å². The number of carbonyl (C=O) groups excluding carboxylic acids is 2. The molecule has 0 heterocycles. The smallest absolute Gasteiger partial charge is 0.297 e. The molecule has 0 N–H and O–H groups in total. The number of hydrogen-bond acceptors (Lipinski definition) is 6. The molecule has 0 aliphatic heterocycles. The highest BCUT2D eigenvalue weighted by molar-refractivity contribution is 5.81. The van der Waals surface area contributed by atoms with Crippen LogP contribution in [0.25, 0.3) is 0 Å². The van der Waals surface area contributed by atoms with Gasteiger partial charge in [0.2, 0.25) is 0 Å². The monoisotopic (exact) mass is 346 g/mol. The summed E-state index contributed by atoms with van der Waals surface area (Å²) >= 11 is 0. The van der Waals surface area contributed by atoms with Crippen molar-refractivity contribution in [3.8, 4) is 0 Å². The van der Waals surface area contributed by atoms with Gasteiger partial charge < -0.3 is 0 Å². The standard InChI is InChI=1S/C18H34O6/c1-9-11-13(15(19)21-23-17(3,4)5)14(12-10-2)16(20)22-24-18(6,7)8/h13-14H,9-12H2,1-8H3. The summed E-state index contributed by atoms with van der Waals surface area (Å²) in [5.41, 5.74) is -1.22. The molecule has 0 rings (SSSR count). The Morgan fingerprint density at radius 3 is 1.21 bits per heavy atom. The van der Waals surface area contributed by atoms with Crippen LogP contribution in [0.4, 0.5) is 0 Å². The summed E-state index contributed by atoms with van der Waals surface area (Å²) in [6.07, 6.45) is 2.51. The Labute approximate surface area is 146 Å². The van der Waals surface area contributed by atoms with Gasteiger partial charge in [-0.25, -0.2) is 9.59 Å². The van der Waals surface area contributed by atoms with Crippen LogP contribution in [0.3, 0.4) is 0 Å². The highest BCUT2D eigenvalue weighted by Gasteiger charge is 2.37. The zero-order chi connectivity index (χ0) is 19.0. The average molecular weight is 346 g/mol. The number of hydrogen-bond donors (Lipinski definition) is 0. The van der Waals surface area contributed by atoms with Crippen LogP contribution >= 0.6 is 0 Å². The van der Waals surface area contributed by atoms with E-state index >= 15 is 0 Å². The first-order chi connectivity index (χ1) is 10.9. The Kier molecular flexibility index (Phi) is 9.51. The van der Waals surface area contributed by atoms with Crippen molar-refractivity contribution < 1.29 is 29.1 Å². The molecule has 142 valence electrons. The van der Waals surface area contributed by atoms with E-state index in [1.807, 2.05) is 13.8 Å². The summed E-state index contributed by atoms with van der Waals surface area (Å²) in [5, 5.41) is 0. The lowest BCUT2D eigenvalue weighted by molar-refractivity contribution is -0.330. The first-order valence-corrected chi connectivity index (χ1v) is 8.70. The number of carbonyl (C=O) groups is 2. The molecule has 0 aliphatic rings. The quantitative estimate of drug-likeness (QED) is 0.456. The fraction of sp³-hybridized carbons (Fsp3) is 0.889. The van der Waals surface area contributed by atoms with Crippen LogP contribution in [0.1, 0.15) is 81.1 Å². The largest absolute Gasteiger partial charge is 0.346 e. The van der Waals surface area contributed by atoms with Gasteiger partial charge in [0.15, 0.2) is 0 Å². The third-order valence-electron chi connectivity index (χ3n) is 3.04. The molecule has 0 aromatic carbocycles. The molecule has 6 nitrogen and oxygen atoms in total. The molecule has 0 saturated carbocycles. The van der Waals surface area contributed by atoms with Gasteiger partial charge in [-0.1, -0.05) is 26.7 Å². The topological polar surface area (TPSA) is 71.1 Å². The Morgan fingerprint density at radius 1 is 0.708 bits per heavy atom. The van der Waals surface area contributed by atoms with Crippen molar-refractivity contribution in [2.24, 2.45) is 11.8 Å². The first-order valence-electron chi connectivity index (χ1n) is 8.70. The van der Waals surface area contributed by atoms with Gasteiger partial charge in [0.05, 0.1) is 11.8 Å². The van der Waals surface area contributed by atoms with Crippen molar-refractivity contribution in [1.29, 1.82) is 0 Å². The third kappa shape index (κ3) is 9.88. The molecule has 0 fully saturated rings. The van der Waals surface area contributed by atoms with Crippen molar-refractivity contribution >= 4 is 11.9 Å². The lowest BCUT2D eigenvalue weighted by Crippen LogP contribution is -2.35. The highest BCUT2D eigenvalue weighted by Crippen LogP contribution is 2.27. The summed E-state index contributed by atoms with van der Waals surface area (Å²) in [7, 11) is 0. The minimum atomic E-state index is -0.617. The molecule has 0 saturated heterocycles. The minimum absolute atomic E-state index is 0.515. The van der Waals surface area contributed by atoms with Crippen molar-refractivity contribution in [1.82, 2.24) is 0 Å². The zero-order valence-corrected chi connectivity index (χ0v) is 16.4. The minimum Gasteiger partial charge on any atom is -0.297 e. The molecule has 0 bridgehead atoms. The summed E-state index contributed by atoms with van der Waals surface area (Å²) in [5.74, 6) is -2.32. The van der Waals surface area contributed by atoms with Gasteiger partial charge in [-0.2, -0.15) is 9.78 Å². The molecule has 2 unspecified atom stereocenters. The Morgan fingerprint density at radius 2 is 1.00 bits per heavy atom. The maximum absolute atomic E-state index is 12.4. The van der Waals surface area contributed by atoms with Crippen molar-refractivity contribution in [3.05, 3.63) is 0 Å². The van der Waals surface area contributed by atoms with Gasteiger partial charge in [0.1, 0.15) is 11.2 Å². The van der Waals surface area contributed by atoms with E-state index < -0.39 is 35.0 Å². The summed E-state index contributed by atoms with van der Waals surface area (Å²) in [6, 6.07) is 0. The SMILES string of the molecule is CCCC(C(=O)OOC(C)(C)C)C(CCC)C(=O)OOC(C)(C)C. The van der Waals surface area contributed by atoms with Crippen LogP contribution in [0.15, 0.2) is 0 Å². The maximum Gasteiger partial charge on any atom is 0.346 e. The molecular formula is C18H34O6. The molecule has 0 aromatic heterocycles. The molecule has 24 heavy (non-hydrogen) atoms. The van der Waals surface area contributed by atoms with Crippen molar-refractivity contribution in [2.45, 2.75) is 92.3 Å². The first kappa shape index (κ1) is 22.9. The Bertz CT molecular complexity index is 353. The van der Waals surface area contributed by atoms with E-state index in [-0.39, 0.29) is 0 Å². The lowest BCUT2D eigenvalue weighted by Gasteiger charge is -2.25. The summed E-state index contributed by atoms with van der Waals surface area (Å²) in [4.78, 5) is 44.9. The third-order valence-corrected chi connectivity index (χ3v) is 3.04. The average Bonchev–Trinajstić information content (AvgIpc) is 2.44. The Balaban J connectivity index is 5.06. The van der Waals surface area contributed by atoms with E-state index in [2.05, 4.69) is 0 Å². The molecule has 2 atom stereocenters. The van der Waals surface area contributed by atoms with Crippen LogP contribution < -0.4 is 0 Å². The second-order valence-corrected chi connectivity index (χ2v) is 7.99. The fourth-order valence-corrected chi connectivity index (χ4v) is 2.04. The van der Waals surface area contributed by atoms with E-state index in [0.717, 1.165) is 12.8 Å². The van der Waals surface area contributed by atoms with Gasteiger partial charge in [0.25, 0.3) is 0 Å². The van der Waals surface area contributed by atoms with Crippen LogP contribution in [-0.4, -0.2) is 23.1 Å². The van der Waals surface area contributed by atoms with E-state index in [9.17, 15) is 9.59 Å². The second kappa shape index (κ2) is 9.99. The van der Waals surface area contributed by atoms with Gasteiger partial charge in [0, 0.05) is 0 Å². The van der Waals surface area contributed by atoms with Gasteiger partial charge in [-0.05, 0) is 54.4 Å². The van der Waals surface area contributed by atoms with E-state index in [1.165, 1.54) is 0 Å². The predicted octanol–water partition coefficient (Wildman–Crippen LogP) is 4.37. The van der Waals surface area contributed by atoms with Crippen LogP contribution in [0.5, 0.6) is 0 Å². The fourth-order valence-electron chi connectivity index (χ4n) is 2.04. The normalized spacial score (nSPS) is 14.8. The number of rotatable bonds is 9. The van der Waals surface area contributed by atoms with E-state index in [0.29, 0.717) is 12.8 Å². The highest BCUT2D eigenvalue weighted by atomic mass is 17.2. The van der Waals surface area contributed by atoms with Gasteiger partial charge in [-0.3, -0.25) is 9.78 Å². The Hall–Kier alpha value is -1.14. The molecule has 0 radical (unpaired) electrons. The van der Waals surface area contributed by atoms with E-state index in [1.54, 1.807) is 41.5 Å². The van der Waals surface area contributed by atoms with Crippen molar-refractivity contribution in [3.63, 3.8) is 0 Å². The summed E-state index contributed by atoms with van der Waals surface area (Å²) < 4.78 is 0.